The number of unbranched alkanes of at least 4 members (excludes halogenated alkanes) is 20. The molecule has 392 valence electrons. The van der Waals surface area contributed by atoms with E-state index in [1.54, 1.807) is 0 Å². The molecule has 1 aliphatic heterocycles. The molecule has 1 saturated heterocycles. The maximum atomic E-state index is 13.6. The molecule has 7 N–H and O–H groups in total. The van der Waals surface area contributed by atoms with Gasteiger partial charge in [-0.2, -0.15) is 0 Å². The fourth-order valence-corrected chi connectivity index (χ4v) is 8.27. The average molecular weight is 969 g/mol. The van der Waals surface area contributed by atoms with E-state index >= 15 is 0 Å². The number of aliphatic hydroxyl groups is 2. The van der Waals surface area contributed by atoms with Crippen LogP contribution < -0.4 is 21.7 Å². The minimum absolute atomic E-state index is 0.0153. The molecule has 1 rings (SSSR count). The highest BCUT2D eigenvalue weighted by Gasteiger charge is 2.47. The maximum Gasteiger partial charge on any atom is 0.306 e. The Morgan fingerprint density at radius 1 is 0.706 bits per heavy atom. The molecule has 18 nitrogen and oxygen atoms in total. The first-order valence-electron chi connectivity index (χ1n) is 25.6. The van der Waals surface area contributed by atoms with Crippen LogP contribution in [-0.2, 0) is 57.3 Å². The third kappa shape index (κ3) is 27.9. The number of primary amides is 1. The minimum Gasteiger partial charge on any atom is -0.469 e. The van der Waals surface area contributed by atoms with E-state index in [4.69, 9.17) is 19.9 Å². The number of nitrogens with two attached hydrogens (primary N) is 1. The number of rotatable bonds is 41. The van der Waals surface area contributed by atoms with Gasteiger partial charge in [-0.1, -0.05) is 129 Å². The number of hydrogen-bond acceptors (Lipinski definition) is 14. The lowest BCUT2D eigenvalue weighted by molar-refractivity contribution is -0.267. The van der Waals surface area contributed by atoms with E-state index in [0.717, 1.165) is 83.3 Å². The highest BCUT2D eigenvalue weighted by molar-refractivity contribution is 5.92. The second kappa shape index (κ2) is 37.8. The zero-order valence-corrected chi connectivity index (χ0v) is 41.9. The summed E-state index contributed by atoms with van der Waals surface area (Å²) in [5, 5.41) is 29.7. The van der Waals surface area contributed by atoms with Gasteiger partial charge in [0.15, 0.2) is 6.29 Å². The molecule has 0 bridgehead atoms. The number of methoxy groups -OCH3 is 1. The highest BCUT2D eigenvalue weighted by Crippen LogP contribution is 2.26. The predicted octanol–water partition coefficient (Wildman–Crippen LogP) is 5.47. The molecule has 0 aromatic carbocycles. The SMILES string of the molecule is CCCCCCCCCCCCCCCC(=O)[C@H](CCCCCCCCCCC=O)CC(=O)OC[C@H]1OC(O)[C@H](NC(C)=O)[C@H](OC(C)C(=O)N[C@@H](C)C(=O)N[C@H](CCC(=O)OC)C(N)=O)[C@@H]1O. The number of Topliss-reactive ketones (excluding diaryl/α,β-unsaturated/α-hetero) is 1. The van der Waals surface area contributed by atoms with E-state index in [-0.39, 0.29) is 25.0 Å². The number of amides is 4. The van der Waals surface area contributed by atoms with Crippen LogP contribution in [0.15, 0.2) is 0 Å². The van der Waals surface area contributed by atoms with Crippen LogP contribution in [0.2, 0.25) is 0 Å². The summed E-state index contributed by atoms with van der Waals surface area (Å²) < 4.78 is 21.6. The molecule has 0 spiro atoms. The first kappa shape index (κ1) is 62.0. The van der Waals surface area contributed by atoms with Gasteiger partial charge in [-0.15, -0.1) is 0 Å². The molecule has 0 radical (unpaired) electrons. The van der Waals surface area contributed by atoms with Gasteiger partial charge >= 0.3 is 11.9 Å². The summed E-state index contributed by atoms with van der Waals surface area (Å²) in [6, 6.07) is -3.82. The Morgan fingerprint density at radius 2 is 1.25 bits per heavy atom. The lowest BCUT2D eigenvalue weighted by Crippen LogP contribution is -2.66. The number of esters is 2. The second-order valence-electron chi connectivity index (χ2n) is 18.4. The van der Waals surface area contributed by atoms with Crippen molar-refractivity contribution >= 4 is 47.6 Å². The number of ketones is 1. The maximum absolute atomic E-state index is 13.6. The van der Waals surface area contributed by atoms with Crippen molar-refractivity contribution in [3.05, 3.63) is 0 Å². The number of ether oxygens (including phenoxy) is 4. The second-order valence-corrected chi connectivity index (χ2v) is 18.4. The number of nitrogens with one attached hydrogen (secondary N) is 3. The summed E-state index contributed by atoms with van der Waals surface area (Å²) in [4.78, 5) is 99.1. The molecule has 0 saturated carbocycles. The zero-order chi connectivity index (χ0) is 50.7. The van der Waals surface area contributed by atoms with Gasteiger partial charge in [-0.25, -0.2) is 0 Å². The fourth-order valence-electron chi connectivity index (χ4n) is 8.27. The Balaban J connectivity index is 2.86. The first-order chi connectivity index (χ1) is 32.6. The molecule has 0 aromatic rings. The van der Waals surface area contributed by atoms with Crippen molar-refractivity contribution in [1.82, 2.24) is 16.0 Å². The standard InChI is InChI=1S/C50H88N4O14/c1-6-7-8-9-10-11-12-13-14-17-20-23-26-29-40(57)38(28-25-22-19-16-15-18-21-24-27-32-55)33-43(59)66-34-41-45(60)46(44(50(64)68-41)53-37(4)56)67-36(3)49(63)52-35(2)48(62)54-39(47(51)61)30-31-42(58)65-5/h32,35-36,38-39,41,44-46,50,60,64H,6-31,33-34H2,1-5H3,(H2,51,61)(H,52,63)(H,53,56)(H,54,62)/t35-,36?,38+,39+,41+,44+,45+,46-,50?/m0/s1. The Morgan fingerprint density at radius 3 is 1.78 bits per heavy atom. The predicted molar refractivity (Wildman–Crippen MR) is 255 cm³/mol. The molecular formula is C50H88N4O14. The normalized spacial score (nSPS) is 19.7. The molecule has 0 aliphatic carbocycles. The summed E-state index contributed by atoms with van der Waals surface area (Å²) in [5.41, 5.74) is 5.37. The summed E-state index contributed by atoms with van der Waals surface area (Å²) in [6.07, 6.45) is 17.6. The highest BCUT2D eigenvalue weighted by atomic mass is 16.6. The van der Waals surface area contributed by atoms with Gasteiger partial charge in [-0.05, 0) is 39.5 Å². The molecule has 9 atom stereocenters. The van der Waals surface area contributed by atoms with Gasteiger partial charge in [0.2, 0.25) is 23.6 Å². The van der Waals surface area contributed by atoms with Crippen molar-refractivity contribution in [3.63, 3.8) is 0 Å². The molecule has 68 heavy (non-hydrogen) atoms. The quantitative estimate of drug-likeness (QED) is 0.0252. The molecule has 1 aliphatic rings. The Kier molecular flexibility index (Phi) is 34.5. The minimum atomic E-state index is -1.77. The van der Waals surface area contributed by atoms with Crippen LogP contribution in [0.1, 0.15) is 201 Å². The average Bonchev–Trinajstić information content (AvgIpc) is 3.30. The van der Waals surface area contributed by atoms with E-state index in [9.17, 15) is 48.6 Å². The van der Waals surface area contributed by atoms with Gasteiger partial charge in [0.1, 0.15) is 61.2 Å². The fraction of sp³-hybridized carbons (Fsp3) is 0.840. The van der Waals surface area contributed by atoms with E-state index in [0.29, 0.717) is 19.3 Å². The van der Waals surface area contributed by atoms with E-state index in [1.807, 2.05) is 0 Å². The molecule has 1 heterocycles. The largest absolute Gasteiger partial charge is 0.469 e. The van der Waals surface area contributed by atoms with E-state index < -0.39 is 96.9 Å². The Hall–Kier alpha value is -4.00. The summed E-state index contributed by atoms with van der Waals surface area (Å²) in [6.45, 7) is 5.50. The summed E-state index contributed by atoms with van der Waals surface area (Å²) in [7, 11) is 1.17. The Bertz CT molecular complexity index is 1480. The van der Waals surface area contributed by atoms with Crippen LogP contribution in [0.25, 0.3) is 0 Å². The molecule has 1 fully saturated rings. The smallest absolute Gasteiger partial charge is 0.306 e. The molecule has 2 unspecified atom stereocenters. The number of carbonyl (C=O) groups excluding carboxylic acids is 8. The van der Waals surface area contributed by atoms with E-state index in [1.165, 1.54) is 85.7 Å². The third-order valence-corrected chi connectivity index (χ3v) is 12.5. The van der Waals surface area contributed by atoms with Crippen LogP contribution in [0.4, 0.5) is 0 Å². The van der Waals surface area contributed by atoms with Crippen LogP contribution in [0.3, 0.4) is 0 Å². The molecule has 18 heteroatoms. The van der Waals surface area contributed by atoms with Gasteiger partial charge in [0.25, 0.3) is 0 Å². The van der Waals surface area contributed by atoms with Gasteiger partial charge in [0.05, 0.1) is 13.5 Å². The number of hydrogen-bond donors (Lipinski definition) is 6. The topological polar surface area (TPSA) is 276 Å². The number of carbonyl (C=O) groups is 8. The van der Waals surface area contributed by atoms with Crippen LogP contribution in [0.5, 0.6) is 0 Å². The molecular weight excluding hydrogens is 881 g/mol. The van der Waals surface area contributed by atoms with Crippen LogP contribution in [0, 0.1) is 5.92 Å². The van der Waals surface area contributed by atoms with Gasteiger partial charge in [0, 0.05) is 32.1 Å². The monoisotopic (exact) mass is 969 g/mol. The van der Waals surface area contributed by atoms with Crippen molar-refractivity contribution in [2.75, 3.05) is 13.7 Å². The summed E-state index contributed by atoms with van der Waals surface area (Å²) in [5.74, 6) is -4.97. The van der Waals surface area contributed by atoms with Crippen molar-refractivity contribution < 1.29 is 67.5 Å². The Labute approximate surface area is 405 Å². The van der Waals surface area contributed by atoms with Gasteiger partial charge < -0.3 is 55.6 Å². The van der Waals surface area contributed by atoms with Crippen molar-refractivity contribution in [2.45, 2.75) is 250 Å². The molecule has 0 aromatic heterocycles. The van der Waals surface area contributed by atoms with Gasteiger partial charge in [-0.3, -0.25) is 33.6 Å². The number of aldehydes is 1. The van der Waals surface area contributed by atoms with Crippen molar-refractivity contribution in [2.24, 2.45) is 11.7 Å². The lowest BCUT2D eigenvalue weighted by Gasteiger charge is -2.43. The number of aliphatic hydroxyl groups excluding tert-OH is 2. The third-order valence-electron chi connectivity index (χ3n) is 12.5. The van der Waals surface area contributed by atoms with Crippen molar-refractivity contribution in [3.8, 4) is 0 Å². The zero-order valence-electron chi connectivity index (χ0n) is 41.9. The van der Waals surface area contributed by atoms with E-state index in [2.05, 4.69) is 27.6 Å². The molecule has 4 amide bonds. The van der Waals surface area contributed by atoms with Crippen LogP contribution >= 0.6 is 0 Å². The lowest BCUT2D eigenvalue weighted by atomic mass is 9.90. The van der Waals surface area contributed by atoms with Crippen LogP contribution in [-0.4, -0.2) is 120 Å². The summed E-state index contributed by atoms with van der Waals surface area (Å²) >= 11 is 0. The first-order valence-corrected chi connectivity index (χ1v) is 25.6. The van der Waals surface area contributed by atoms with Crippen molar-refractivity contribution in [1.29, 1.82) is 0 Å².